The van der Waals surface area contributed by atoms with Gasteiger partial charge in [0.15, 0.2) is 0 Å². The predicted molar refractivity (Wildman–Crippen MR) is 94.4 cm³/mol. The first kappa shape index (κ1) is 16.6. The van der Waals surface area contributed by atoms with Crippen LogP contribution >= 0.6 is 0 Å². The highest BCUT2D eigenvalue weighted by Gasteiger charge is 2.42. The molecule has 0 spiro atoms. The number of carbonyl (C=O) groups is 2. The second kappa shape index (κ2) is 6.47. The number of nitrogens with zero attached hydrogens (tertiary/aromatic N) is 3. The summed E-state index contributed by atoms with van der Waals surface area (Å²) in [6.07, 6.45) is 9.82. The number of anilines is 1. The quantitative estimate of drug-likeness (QED) is 0.625. The van der Waals surface area contributed by atoms with Gasteiger partial charge in [-0.15, -0.1) is 0 Å². The maximum Gasteiger partial charge on any atom is 0.320 e. The van der Waals surface area contributed by atoms with Gasteiger partial charge in [0.2, 0.25) is 5.91 Å². The number of hydrogen-bond donors (Lipinski definition) is 4. The van der Waals surface area contributed by atoms with Crippen molar-refractivity contribution in [2.75, 3.05) is 5.32 Å². The van der Waals surface area contributed by atoms with Crippen molar-refractivity contribution in [3.8, 4) is 0 Å². The van der Waals surface area contributed by atoms with Crippen molar-refractivity contribution in [3.63, 3.8) is 0 Å². The lowest BCUT2D eigenvalue weighted by Gasteiger charge is -2.40. The molecule has 2 aromatic rings. The summed E-state index contributed by atoms with van der Waals surface area (Å²) in [6, 6.07) is 0.0195. The summed E-state index contributed by atoms with van der Waals surface area (Å²) < 4.78 is 1.52. The third-order valence-corrected chi connectivity index (χ3v) is 4.86. The third kappa shape index (κ3) is 3.56. The second-order valence-corrected chi connectivity index (χ2v) is 7.20. The Bertz CT molecular complexity index is 817. The van der Waals surface area contributed by atoms with E-state index in [-0.39, 0.29) is 18.5 Å². The minimum absolute atomic E-state index is 0.0618. The zero-order valence-electron chi connectivity index (χ0n) is 14.7. The Labute approximate surface area is 150 Å². The molecule has 2 aliphatic carbocycles. The van der Waals surface area contributed by atoms with Crippen molar-refractivity contribution in [2.24, 2.45) is 0 Å². The molecule has 3 amide bonds. The molecule has 2 aromatic heterocycles. The van der Waals surface area contributed by atoms with Crippen LogP contribution in [0.25, 0.3) is 0 Å². The maximum absolute atomic E-state index is 12.4. The first-order valence-electron chi connectivity index (χ1n) is 8.95. The third-order valence-electron chi connectivity index (χ3n) is 4.86. The summed E-state index contributed by atoms with van der Waals surface area (Å²) in [6.45, 7) is 2.09. The summed E-state index contributed by atoms with van der Waals surface area (Å²) in [5.74, 6) is 0.733. The molecule has 0 aliphatic heterocycles. The van der Waals surface area contributed by atoms with Gasteiger partial charge in [-0.3, -0.25) is 9.48 Å². The average Bonchev–Trinajstić information content (AvgIpc) is 3.07. The summed E-state index contributed by atoms with van der Waals surface area (Å²) in [5.41, 5.74) is 1.09. The van der Waals surface area contributed by atoms with Gasteiger partial charge in [0.25, 0.3) is 0 Å². The molecule has 4 rings (SSSR count). The molecule has 0 bridgehead atoms. The highest BCUT2D eigenvalue weighted by atomic mass is 16.2. The number of amides is 3. The van der Waals surface area contributed by atoms with Gasteiger partial charge < -0.3 is 20.9 Å². The Kier molecular flexibility index (Phi) is 4.14. The molecule has 9 nitrogen and oxygen atoms in total. The first-order chi connectivity index (χ1) is 12.5. The molecule has 138 valence electrons. The van der Waals surface area contributed by atoms with Crippen LogP contribution in [0, 0.1) is 6.92 Å². The second-order valence-electron chi connectivity index (χ2n) is 7.20. The van der Waals surface area contributed by atoms with Gasteiger partial charge in [-0.25, -0.2) is 9.78 Å². The summed E-state index contributed by atoms with van der Waals surface area (Å²) >= 11 is 0. The smallest absolute Gasteiger partial charge is 0.320 e. The van der Waals surface area contributed by atoms with Gasteiger partial charge in [0.1, 0.15) is 12.4 Å². The van der Waals surface area contributed by atoms with Crippen molar-refractivity contribution in [3.05, 3.63) is 30.1 Å². The van der Waals surface area contributed by atoms with E-state index in [4.69, 9.17) is 0 Å². The van der Waals surface area contributed by atoms with Crippen LogP contribution in [-0.4, -0.2) is 37.7 Å². The number of imidazole rings is 1. The fraction of sp³-hybridized carbons (Fsp3) is 0.529. The van der Waals surface area contributed by atoms with E-state index >= 15 is 0 Å². The fourth-order valence-electron chi connectivity index (χ4n) is 3.15. The van der Waals surface area contributed by atoms with Gasteiger partial charge in [0, 0.05) is 24.1 Å². The molecular weight excluding hydrogens is 334 g/mol. The highest BCUT2D eigenvalue weighted by molar-refractivity contribution is 5.89. The molecule has 0 aromatic carbocycles. The largest absolute Gasteiger partial charge is 0.352 e. The summed E-state index contributed by atoms with van der Waals surface area (Å²) in [4.78, 5) is 31.8. The lowest BCUT2D eigenvalue weighted by atomic mass is 9.76. The van der Waals surface area contributed by atoms with E-state index < -0.39 is 5.54 Å². The van der Waals surface area contributed by atoms with Gasteiger partial charge in [0.05, 0.1) is 17.4 Å². The van der Waals surface area contributed by atoms with Crippen LogP contribution < -0.4 is 16.0 Å². The van der Waals surface area contributed by atoms with Crippen molar-refractivity contribution >= 4 is 17.6 Å². The molecular formula is C17H23N7O2. The Morgan fingerprint density at radius 3 is 2.77 bits per heavy atom. The van der Waals surface area contributed by atoms with Gasteiger partial charge in [-0.2, -0.15) is 5.10 Å². The SMILES string of the molecule is Cc1cnc(C2(NC(=O)Nc3cnn(CC(=O)NC4CC4)c3)CCC2)[nH]1. The number of aromatic amines is 1. The molecule has 0 radical (unpaired) electrons. The number of aromatic nitrogens is 4. The number of aryl methyl sites for hydroxylation is 1. The Morgan fingerprint density at radius 2 is 2.15 bits per heavy atom. The van der Waals surface area contributed by atoms with Gasteiger partial charge in [-0.1, -0.05) is 0 Å². The molecule has 0 saturated heterocycles. The zero-order valence-corrected chi connectivity index (χ0v) is 14.7. The standard InChI is InChI=1S/C17H23N7O2/c1-11-7-18-15(20-11)17(5-2-6-17)23-16(26)22-13-8-19-24(9-13)10-14(25)21-12-3-4-12/h7-9,12H,2-6,10H2,1H3,(H,18,20)(H,21,25)(H2,22,23,26). The molecule has 2 fully saturated rings. The van der Waals surface area contributed by atoms with Crippen LogP contribution in [0.4, 0.5) is 10.5 Å². The molecule has 9 heteroatoms. The van der Waals surface area contributed by atoms with Crippen molar-refractivity contribution in [1.29, 1.82) is 0 Å². The monoisotopic (exact) mass is 357 g/mol. The minimum atomic E-state index is -0.432. The van der Waals surface area contributed by atoms with E-state index in [2.05, 4.69) is 31.0 Å². The molecule has 26 heavy (non-hydrogen) atoms. The average molecular weight is 357 g/mol. The zero-order chi connectivity index (χ0) is 18.1. The van der Waals surface area contributed by atoms with Crippen LogP contribution in [0.5, 0.6) is 0 Å². The van der Waals surface area contributed by atoms with Crippen LogP contribution in [0.15, 0.2) is 18.6 Å². The van der Waals surface area contributed by atoms with Crippen LogP contribution in [0.2, 0.25) is 0 Å². The number of hydrogen-bond acceptors (Lipinski definition) is 4. The van der Waals surface area contributed by atoms with Crippen LogP contribution in [0.1, 0.15) is 43.6 Å². The molecule has 0 atom stereocenters. The van der Waals surface area contributed by atoms with Gasteiger partial charge >= 0.3 is 6.03 Å². The fourth-order valence-corrected chi connectivity index (χ4v) is 3.15. The van der Waals surface area contributed by atoms with E-state index in [1.165, 1.54) is 10.9 Å². The Morgan fingerprint density at radius 1 is 1.35 bits per heavy atom. The normalized spacial score (nSPS) is 18.0. The Balaban J connectivity index is 1.33. The minimum Gasteiger partial charge on any atom is -0.352 e. The molecule has 2 aliphatic rings. The van der Waals surface area contributed by atoms with E-state index in [0.717, 1.165) is 43.6 Å². The maximum atomic E-state index is 12.4. The van der Waals surface area contributed by atoms with E-state index in [1.54, 1.807) is 12.4 Å². The van der Waals surface area contributed by atoms with Crippen LogP contribution in [-0.2, 0) is 16.9 Å². The van der Waals surface area contributed by atoms with E-state index in [0.29, 0.717) is 11.7 Å². The molecule has 2 heterocycles. The molecule has 2 saturated carbocycles. The highest BCUT2D eigenvalue weighted by Crippen LogP contribution is 2.39. The van der Waals surface area contributed by atoms with Crippen molar-refractivity contribution in [2.45, 2.75) is 57.2 Å². The lowest BCUT2D eigenvalue weighted by molar-refractivity contribution is -0.122. The molecule has 0 unspecified atom stereocenters. The predicted octanol–water partition coefficient (Wildman–Crippen LogP) is 1.39. The number of carbonyl (C=O) groups excluding carboxylic acids is 2. The number of nitrogens with one attached hydrogen (secondary N) is 4. The van der Waals surface area contributed by atoms with Crippen molar-refractivity contribution < 1.29 is 9.59 Å². The van der Waals surface area contributed by atoms with E-state index in [9.17, 15) is 9.59 Å². The number of urea groups is 1. The van der Waals surface area contributed by atoms with Crippen LogP contribution in [0.3, 0.4) is 0 Å². The van der Waals surface area contributed by atoms with E-state index in [1.807, 2.05) is 6.92 Å². The lowest BCUT2D eigenvalue weighted by Crippen LogP contribution is -2.52. The topological polar surface area (TPSA) is 117 Å². The number of rotatable bonds is 6. The van der Waals surface area contributed by atoms with Gasteiger partial charge in [-0.05, 0) is 39.0 Å². The summed E-state index contributed by atoms with van der Waals surface area (Å²) in [5, 5.41) is 12.8. The number of H-pyrrole nitrogens is 1. The summed E-state index contributed by atoms with van der Waals surface area (Å²) in [7, 11) is 0. The first-order valence-corrected chi connectivity index (χ1v) is 8.95. The molecule has 4 N–H and O–H groups in total. The Hall–Kier alpha value is -2.84. The van der Waals surface area contributed by atoms with Crippen molar-refractivity contribution in [1.82, 2.24) is 30.4 Å².